The first-order chi connectivity index (χ1) is 11.6. The highest BCUT2D eigenvalue weighted by Gasteiger charge is 2.14. The Morgan fingerprint density at radius 1 is 1.25 bits per heavy atom. The van der Waals surface area contributed by atoms with Crippen LogP contribution in [-0.2, 0) is 0 Å². The summed E-state index contributed by atoms with van der Waals surface area (Å²) in [4.78, 5) is 20.4. The van der Waals surface area contributed by atoms with Crippen molar-refractivity contribution in [2.75, 3.05) is 5.32 Å². The van der Waals surface area contributed by atoms with Crippen molar-refractivity contribution in [1.29, 1.82) is 0 Å². The number of rotatable bonds is 4. The lowest BCUT2D eigenvalue weighted by Gasteiger charge is -2.17. The molecule has 0 fully saturated rings. The molecule has 2 aromatic heterocycles. The van der Waals surface area contributed by atoms with Crippen LogP contribution in [0.1, 0.15) is 18.5 Å². The molecule has 0 saturated carbocycles. The van der Waals surface area contributed by atoms with E-state index in [1.165, 1.54) is 17.3 Å². The van der Waals surface area contributed by atoms with Crippen molar-refractivity contribution >= 4 is 27.6 Å². The second kappa shape index (κ2) is 7.22. The molecule has 3 aromatic rings. The number of anilines is 1. The van der Waals surface area contributed by atoms with Gasteiger partial charge in [-0.1, -0.05) is 34.1 Å². The Kier molecular flexibility index (Phi) is 4.85. The van der Waals surface area contributed by atoms with Crippen LogP contribution < -0.4 is 10.6 Å². The number of aromatic nitrogens is 4. The Balaban J connectivity index is 1.73. The van der Waals surface area contributed by atoms with Crippen LogP contribution in [0.2, 0.25) is 0 Å². The van der Waals surface area contributed by atoms with Gasteiger partial charge in [-0.05, 0) is 30.7 Å². The van der Waals surface area contributed by atoms with Crippen molar-refractivity contribution in [2.45, 2.75) is 13.0 Å². The van der Waals surface area contributed by atoms with Gasteiger partial charge in [0.1, 0.15) is 12.7 Å². The molecule has 0 spiro atoms. The van der Waals surface area contributed by atoms with E-state index in [1.54, 1.807) is 18.3 Å². The zero-order valence-electron chi connectivity index (χ0n) is 12.8. The fraction of sp³-hybridized carbons (Fsp3) is 0.125. The number of carbonyl (C=O) groups excluding carboxylic acids is 1. The molecule has 7 nitrogen and oxygen atoms in total. The average Bonchev–Trinajstić information content (AvgIpc) is 3.10. The van der Waals surface area contributed by atoms with Gasteiger partial charge in [0.2, 0.25) is 0 Å². The molecule has 24 heavy (non-hydrogen) atoms. The first kappa shape index (κ1) is 16.1. The molecular formula is C16H15BrN6O. The number of halogens is 1. The summed E-state index contributed by atoms with van der Waals surface area (Å²) in [5.74, 6) is 0.499. The Hall–Kier alpha value is -2.74. The van der Waals surface area contributed by atoms with Crippen LogP contribution in [-0.4, -0.2) is 25.8 Å². The third-order valence-electron chi connectivity index (χ3n) is 3.39. The average molecular weight is 387 g/mol. The number of nitrogens with zero attached hydrogens (tertiary/aromatic N) is 4. The highest BCUT2D eigenvalue weighted by molar-refractivity contribution is 9.10. The van der Waals surface area contributed by atoms with Crippen molar-refractivity contribution in [3.8, 4) is 5.82 Å². The van der Waals surface area contributed by atoms with E-state index in [1.807, 2.05) is 31.2 Å². The Bertz CT molecular complexity index is 836. The number of nitrogens with one attached hydrogen (secondary N) is 2. The Labute approximate surface area is 147 Å². The van der Waals surface area contributed by atoms with E-state index in [2.05, 4.69) is 41.6 Å². The summed E-state index contributed by atoms with van der Waals surface area (Å²) in [5, 5.41) is 9.75. The molecule has 0 aliphatic heterocycles. The Morgan fingerprint density at radius 3 is 2.83 bits per heavy atom. The van der Waals surface area contributed by atoms with E-state index in [0.29, 0.717) is 11.5 Å². The highest BCUT2D eigenvalue weighted by atomic mass is 79.9. The molecule has 0 aliphatic carbocycles. The lowest BCUT2D eigenvalue weighted by Crippen LogP contribution is -2.31. The summed E-state index contributed by atoms with van der Waals surface area (Å²) in [6.07, 6.45) is 4.56. The van der Waals surface area contributed by atoms with Gasteiger partial charge in [0.25, 0.3) is 0 Å². The lowest BCUT2D eigenvalue weighted by atomic mass is 10.1. The van der Waals surface area contributed by atoms with E-state index in [0.717, 1.165) is 10.0 Å². The summed E-state index contributed by atoms with van der Waals surface area (Å²) in [7, 11) is 0. The van der Waals surface area contributed by atoms with Crippen molar-refractivity contribution in [1.82, 2.24) is 25.1 Å². The maximum Gasteiger partial charge on any atom is 0.319 e. The second-order valence-corrected chi connectivity index (χ2v) is 5.91. The minimum Gasteiger partial charge on any atom is -0.331 e. The van der Waals surface area contributed by atoms with E-state index in [-0.39, 0.29) is 12.1 Å². The summed E-state index contributed by atoms with van der Waals surface area (Å²) in [5.41, 5.74) is 1.54. The molecule has 122 valence electrons. The molecule has 3 rings (SSSR count). The fourth-order valence-corrected chi connectivity index (χ4v) is 2.88. The maximum absolute atomic E-state index is 12.3. The van der Waals surface area contributed by atoms with Gasteiger partial charge in [0, 0.05) is 10.7 Å². The molecule has 1 aromatic carbocycles. The second-order valence-electron chi connectivity index (χ2n) is 5.06. The van der Waals surface area contributed by atoms with Gasteiger partial charge in [0.05, 0.1) is 11.7 Å². The van der Waals surface area contributed by atoms with E-state index >= 15 is 0 Å². The number of urea groups is 1. The van der Waals surface area contributed by atoms with Gasteiger partial charge < -0.3 is 10.6 Å². The zero-order valence-corrected chi connectivity index (χ0v) is 14.4. The third kappa shape index (κ3) is 3.60. The Morgan fingerprint density at radius 2 is 2.08 bits per heavy atom. The predicted molar refractivity (Wildman–Crippen MR) is 93.9 cm³/mol. The number of hydrogen-bond acceptors (Lipinski definition) is 4. The maximum atomic E-state index is 12.3. The van der Waals surface area contributed by atoms with Crippen molar-refractivity contribution in [2.24, 2.45) is 0 Å². The summed E-state index contributed by atoms with van der Waals surface area (Å²) < 4.78 is 2.44. The fourth-order valence-electron chi connectivity index (χ4n) is 2.25. The molecule has 2 N–H and O–H groups in total. The molecule has 0 saturated heterocycles. The van der Waals surface area contributed by atoms with Crippen LogP contribution in [0.15, 0.2) is 59.7 Å². The SMILES string of the molecule is CC(NC(=O)Nc1cccnc1-n1cncn1)c1ccccc1Br. The van der Waals surface area contributed by atoms with Crippen molar-refractivity contribution < 1.29 is 4.79 Å². The summed E-state index contributed by atoms with van der Waals surface area (Å²) >= 11 is 3.49. The largest absolute Gasteiger partial charge is 0.331 e. The molecule has 0 radical (unpaired) electrons. The molecule has 2 heterocycles. The standard InChI is InChI=1S/C16H15BrN6O/c1-11(12-5-2-3-6-13(12)17)21-16(24)22-14-7-4-8-19-15(14)23-10-18-9-20-23/h2-11H,1H3,(H2,21,22,24). The molecule has 1 atom stereocenters. The number of pyridine rings is 1. The first-order valence-corrected chi connectivity index (χ1v) is 8.06. The molecule has 0 aliphatic rings. The monoisotopic (exact) mass is 386 g/mol. The minimum atomic E-state index is -0.326. The number of hydrogen-bond donors (Lipinski definition) is 2. The quantitative estimate of drug-likeness (QED) is 0.720. The number of carbonyl (C=O) groups is 1. The van der Waals surface area contributed by atoms with Gasteiger partial charge in [0.15, 0.2) is 5.82 Å². The van der Waals surface area contributed by atoms with E-state index in [4.69, 9.17) is 0 Å². The molecule has 2 amide bonds. The van der Waals surface area contributed by atoms with Crippen LogP contribution in [0.25, 0.3) is 5.82 Å². The van der Waals surface area contributed by atoms with Crippen molar-refractivity contribution in [3.05, 3.63) is 65.3 Å². The third-order valence-corrected chi connectivity index (χ3v) is 4.11. The van der Waals surface area contributed by atoms with Gasteiger partial charge in [-0.2, -0.15) is 5.10 Å². The van der Waals surface area contributed by atoms with Gasteiger partial charge in [-0.15, -0.1) is 0 Å². The molecule has 8 heteroatoms. The van der Waals surface area contributed by atoms with Crippen molar-refractivity contribution in [3.63, 3.8) is 0 Å². The molecular weight excluding hydrogens is 372 g/mol. The smallest absolute Gasteiger partial charge is 0.319 e. The summed E-state index contributed by atoms with van der Waals surface area (Å²) in [6, 6.07) is 10.8. The molecule has 0 bridgehead atoms. The number of benzene rings is 1. The van der Waals surface area contributed by atoms with Gasteiger partial charge >= 0.3 is 6.03 Å². The summed E-state index contributed by atoms with van der Waals surface area (Å²) in [6.45, 7) is 1.92. The van der Waals surface area contributed by atoms with Crippen LogP contribution in [0.4, 0.5) is 10.5 Å². The zero-order chi connectivity index (χ0) is 16.9. The van der Waals surface area contributed by atoms with Crippen LogP contribution in [0.3, 0.4) is 0 Å². The highest BCUT2D eigenvalue weighted by Crippen LogP contribution is 2.23. The molecule has 1 unspecified atom stereocenters. The van der Waals surface area contributed by atoms with E-state index in [9.17, 15) is 4.79 Å². The number of amides is 2. The topological polar surface area (TPSA) is 84.7 Å². The van der Waals surface area contributed by atoms with E-state index < -0.39 is 0 Å². The van der Waals surface area contributed by atoms with Crippen LogP contribution in [0.5, 0.6) is 0 Å². The first-order valence-electron chi connectivity index (χ1n) is 7.27. The van der Waals surface area contributed by atoms with Gasteiger partial charge in [-0.3, -0.25) is 0 Å². The van der Waals surface area contributed by atoms with Crippen LogP contribution >= 0.6 is 15.9 Å². The van der Waals surface area contributed by atoms with Gasteiger partial charge in [-0.25, -0.2) is 19.4 Å². The predicted octanol–water partition coefficient (Wildman–Crippen LogP) is 3.31. The normalized spacial score (nSPS) is 11.8. The lowest BCUT2D eigenvalue weighted by molar-refractivity contribution is 0.249. The van der Waals surface area contributed by atoms with Crippen LogP contribution in [0, 0.1) is 0 Å². The minimum absolute atomic E-state index is 0.160.